The number of benzene rings is 2. The van der Waals surface area contributed by atoms with Gasteiger partial charge in [0, 0.05) is 25.2 Å². The quantitative estimate of drug-likeness (QED) is 0.917. The number of hydrogen-bond donors (Lipinski definition) is 1. The van der Waals surface area contributed by atoms with Gasteiger partial charge in [-0.25, -0.2) is 0 Å². The van der Waals surface area contributed by atoms with Crippen molar-refractivity contribution in [3.05, 3.63) is 64.2 Å². The van der Waals surface area contributed by atoms with Crippen molar-refractivity contribution >= 4 is 17.3 Å². The van der Waals surface area contributed by atoms with Gasteiger partial charge in [-0.2, -0.15) is 5.26 Å². The molecule has 0 bridgehead atoms. The minimum Gasteiger partial charge on any atom is -0.369 e. The largest absolute Gasteiger partial charge is 0.369 e. The summed E-state index contributed by atoms with van der Waals surface area (Å²) in [7, 11) is 3.86. The SMILES string of the molecule is CNCc1ccc(N(C)Cc2ccccc2Cl)c(C#N)c1. The highest BCUT2D eigenvalue weighted by Crippen LogP contribution is 2.24. The van der Waals surface area contributed by atoms with Crippen LogP contribution in [0.25, 0.3) is 0 Å². The Morgan fingerprint density at radius 1 is 1.24 bits per heavy atom. The van der Waals surface area contributed by atoms with Crippen molar-refractivity contribution in [1.29, 1.82) is 5.26 Å². The minimum absolute atomic E-state index is 0.666. The van der Waals surface area contributed by atoms with E-state index in [-0.39, 0.29) is 0 Å². The molecule has 108 valence electrons. The molecule has 2 aromatic rings. The van der Waals surface area contributed by atoms with Crippen LogP contribution in [0, 0.1) is 11.3 Å². The lowest BCUT2D eigenvalue weighted by molar-refractivity contribution is 0.816. The zero-order valence-electron chi connectivity index (χ0n) is 12.2. The molecule has 2 aromatic carbocycles. The summed E-state index contributed by atoms with van der Waals surface area (Å²) in [6, 6.07) is 16.0. The predicted octanol–water partition coefficient (Wildman–Crippen LogP) is 3.57. The molecule has 0 aliphatic carbocycles. The average molecular weight is 300 g/mol. The first kappa shape index (κ1) is 15.4. The van der Waals surface area contributed by atoms with Crippen LogP contribution in [0.3, 0.4) is 0 Å². The molecule has 0 saturated heterocycles. The lowest BCUT2D eigenvalue weighted by Crippen LogP contribution is -2.18. The fourth-order valence-corrected chi connectivity index (χ4v) is 2.48. The van der Waals surface area contributed by atoms with Gasteiger partial charge < -0.3 is 10.2 Å². The average Bonchev–Trinajstić information content (AvgIpc) is 2.49. The molecule has 0 aromatic heterocycles. The smallest absolute Gasteiger partial charge is 0.101 e. The number of rotatable bonds is 5. The predicted molar refractivity (Wildman–Crippen MR) is 87.5 cm³/mol. The second-order valence-electron chi connectivity index (χ2n) is 4.94. The van der Waals surface area contributed by atoms with Gasteiger partial charge in [0.25, 0.3) is 0 Å². The van der Waals surface area contributed by atoms with Crippen LogP contribution < -0.4 is 10.2 Å². The second kappa shape index (κ2) is 7.12. The Kier molecular flexibility index (Phi) is 5.21. The summed E-state index contributed by atoms with van der Waals surface area (Å²) in [6.07, 6.45) is 0. The highest BCUT2D eigenvalue weighted by atomic mass is 35.5. The van der Waals surface area contributed by atoms with E-state index in [4.69, 9.17) is 11.6 Å². The van der Waals surface area contributed by atoms with Gasteiger partial charge >= 0.3 is 0 Å². The molecule has 1 N–H and O–H groups in total. The second-order valence-corrected chi connectivity index (χ2v) is 5.35. The summed E-state index contributed by atoms with van der Waals surface area (Å²) in [5.74, 6) is 0. The van der Waals surface area contributed by atoms with E-state index < -0.39 is 0 Å². The molecule has 0 unspecified atom stereocenters. The van der Waals surface area contributed by atoms with Gasteiger partial charge in [-0.1, -0.05) is 35.9 Å². The van der Waals surface area contributed by atoms with Gasteiger partial charge in [-0.15, -0.1) is 0 Å². The molecule has 0 saturated carbocycles. The first-order valence-electron chi connectivity index (χ1n) is 6.78. The maximum Gasteiger partial charge on any atom is 0.101 e. The Morgan fingerprint density at radius 3 is 2.67 bits per heavy atom. The lowest BCUT2D eigenvalue weighted by Gasteiger charge is -2.21. The van der Waals surface area contributed by atoms with Crippen LogP contribution in [0.15, 0.2) is 42.5 Å². The zero-order valence-corrected chi connectivity index (χ0v) is 13.0. The Balaban J connectivity index is 2.25. The third-order valence-electron chi connectivity index (χ3n) is 3.34. The van der Waals surface area contributed by atoms with E-state index in [9.17, 15) is 5.26 Å². The summed E-state index contributed by atoms with van der Waals surface area (Å²) in [4.78, 5) is 2.04. The molecule has 0 amide bonds. The van der Waals surface area contributed by atoms with Gasteiger partial charge in [0.1, 0.15) is 6.07 Å². The molecule has 0 radical (unpaired) electrons. The van der Waals surface area contributed by atoms with Gasteiger partial charge in [-0.3, -0.25) is 0 Å². The normalized spacial score (nSPS) is 10.2. The summed E-state index contributed by atoms with van der Waals surface area (Å²) >= 11 is 6.20. The highest BCUT2D eigenvalue weighted by Gasteiger charge is 2.10. The Morgan fingerprint density at radius 2 is 2.00 bits per heavy atom. The fraction of sp³-hybridized carbons (Fsp3) is 0.235. The standard InChI is InChI=1S/C17H18ClN3/c1-20-11-13-7-8-17(15(9-13)10-19)21(2)12-14-5-3-4-6-16(14)18/h3-9,20H,11-12H2,1-2H3. The van der Waals surface area contributed by atoms with Crippen molar-refractivity contribution < 1.29 is 0 Å². The third kappa shape index (κ3) is 3.75. The van der Waals surface area contributed by atoms with E-state index in [1.165, 1.54) is 0 Å². The Hall–Kier alpha value is -2.02. The van der Waals surface area contributed by atoms with Crippen LogP contribution >= 0.6 is 11.6 Å². The Bertz CT molecular complexity index is 661. The third-order valence-corrected chi connectivity index (χ3v) is 3.71. The van der Waals surface area contributed by atoms with E-state index in [1.807, 2.05) is 61.5 Å². The first-order chi connectivity index (χ1) is 10.2. The van der Waals surface area contributed by atoms with Gasteiger partial charge in [0.15, 0.2) is 0 Å². The molecule has 0 atom stereocenters. The molecule has 0 aliphatic rings. The lowest BCUT2D eigenvalue weighted by atomic mass is 10.1. The first-order valence-corrected chi connectivity index (χ1v) is 7.15. The number of anilines is 1. The van der Waals surface area contributed by atoms with Crippen molar-refractivity contribution in [2.45, 2.75) is 13.1 Å². The number of nitrogens with zero attached hydrogens (tertiary/aromatic N) is 2. The van der Waals surface area contributed by atoms with Crippen LogP contribution in [0.2, 0.25) is 5.02 Å². The van der Waals surface area contributed by atoms with Crippen LogP contribution in [0.5, 0.6) is 0 Å². The molecule has 0 fully saturated rings. The van der Waals surface area contributed by atoms with Gasteiger partial charge in [0.05, 0.1) is 11.3 Å². The highest BCUT2D eigenvalue weighted by molar-refractivity contribution is 6.31. The van der Waals surface area contributed by atoms with E-state index in [1.54, 1.807) is 0 Å². The molecular formula is C17H18ClN3. The maximum atomic E-state index is 9.36. The van der Waals surface area contributed by atoms with Crippen molar-refractivity contribution in [2.75, 3.05) is 19.0 Å². The molecule has 0 spiro atoms. The molecule has 4 heteroatoms. The van der Waals surface area contributed by atoms with Gasteiger partial charge in [-0.05, 0) is 36.4 Å². The number of halogens is 1. The van der Waals surface area contributed by atoms with Crippen molar-refractivity contribution in [1.82, 2.24) is 5.32 Å². The summed E-state index contributed by atoms with van der Waals surface area (Å²) in [5, 5.41) is 13.2. The fourth-order valence-electron chi connectivity index (χ4n) is 2.29. The summed E-state index contributed by atoms with van der Waals surface area (Å²) < 4.78 is 0. The number of hydrogen-bond acceptors (Lipinski definition) is 3. The molecular weight excluding hydrogens is 282 g/mol. The summed E-state index contributed by atoms with van der Waals surface area (Å²) in [5.41, 5.74) is 3.74. The van der Waals surface area contributed by atoms with Crippen molar-refractivity contribution in [2.24, 2.45) is 0 Å². The van der Waals surface area contributed by atoms with E-state index in [0.717, 1.165) is 28.4 Å². The maximum absolute atomic E-state index is 9.36. The van der Waals surface area contributed by atoms with Crippen LogP contribution in [0.1, 0.15) is 16.7 Å². The zero-order chi connectivity index (χ0) is 15.2. The molecule has 3 nitrogen and oxygen atoms in total. The molecule has 2 rings (SSSR count). The van der Waals surface area contributed by atoms with Crippen molar-refractivity contribution in [3.63, 3.8) is 0 Å². The van der Waals surface area contributed by atoms with E-state index in [0.29, 0.717) is 12.1 Å². The Labute approximate surface area is 130 Å². The van der Waals surface area contributed by atoms with E-state index >= 15 is 0 Å². The monoisotopic (exact) mass is 299 g/mol. The van der Waals surface area contributed by atoms with Crippen LogP contribution in [0.4, 0.5) is 5.69 Å². The number of nitrogens with one attached hydrogen (secondary N) is 1. The van der Waals surface area contributed by atoms with Crippen molar-refractivity contribution in [3.8, 4) is 6.07 Å². The van der Waals surface area contributed by atoms with Crippen LogP contribution in [-0.4, -0.2) is 14.1 Å². The van der Waals surface area contributed by atoms with Crippen LogP contribution in [-0.2, 0) is 13.1 Å². The number of nitriles is 1. The summed E-state index contributed by atoms with van der Waals surface area (Å²) in [6.45, 7) is 1.42. The minimum atomic E-state index is 0.666. The van der Waals surface area contributed by atoms with Gasteiger partial charge in [0.2, 0.25) is 0 Å². The van der Waals surface area contributed by atoms with E-state index in [2.05, 4.69) is 11.4 Å². The topological polar surface area (TPSA) is 39.1 Å². The molecule has 0 aliphatic heterocycles. The molecule has 0 heterocycles. The molecule has 21 heavy (non-hydrogen) atoms.